The number of hydrogen-bond donors (Lipinski definition) is 3. The Kier molecular flexibility index (Phi) is 10.3. The quantitative estimate of drug-likeness (QED) is 0.312. The lowest BCUT2D eigenvalue weighted by Gasteiger charge is -2.33. The maximum Gasteiger partial charge on any atom is 0.191 e. The number of guanidine groups is 1. The maximum absolute atomic E-state index is 9.57. The van der Waals surface area contributed by atoms with Gasteiger partial charge in [0.2, 0.25) is 0 Å². The molecule has 0 aliphatic carbocycles. The van der Waals surface area contributed by atoms with Crippen LogP contribution in [0.4, 0.5) is 0 Å². The third-order valence-electron chi connectivity index (χ3n) is 5.34. The first kappa shape index (κ1) is 21.4. The molecule has 2 aliphatic heterocycles. The standard InChI is InChI=1S/C19H39N5O2/c1-3-20-19(21-9-4-10-23-13-7-18(25)8-14-23)22-17-5-11-24(12-6-17)15-16-26-2/h17-18,25H,3-16H2,1-2H3,(H2,20,21,22). The van der Waals surface area contributed by atoms with Crippen LogP contribution in [0.25, 0.3) is 0 Å². The van der Waals surface area contributed by atoms with Gasteiger partial charge in [-0.15, -0.1) is 0 Å². The fourth-order valence-electron chi connectivity index (χ4n) is 3.66. The van der Waals surface area contributed by atoms with Crippen LogP contribution in [-0.4, -0.2) is 99.1 Å². The van der Waals surface area contributed by atoms with Gasteiger partial charge >= 0.3 is 0 Å². The molecule has 0 aromatic rings. The molecule has 0 bridgehead atoms. The Labute approximate surface area is 159 Å². The largest absolute Gasteiger partial charge is 0.393 e. The zero-order valence-corrected chi connectivity index (χ0v) is 16.8. The van der Waals surface area contributed by atoms with E-state index < -0.39 is 0 Å². The zero-order chi connectivity index (χ0) is 18.6. The van der Waals surface area contributed by atoms with Gasteiger partial charge in [-0.3, -0.25) is 4.99 Å². The van der Waals surface area contributed by atoms with Crippen molar-refractivity contribution in [3.63, 3.8) is 0 Å². The highest BCUT2D eigenvalue weighted by Gasteiger charge is 2.19. The molecule has 0 saturated carbocycles. The van der Waals surface area contributed by atoms with Crippen molar-refractivity contribution in [3.8, 4) is 0 Å². The van der Waals surface area contributed by atoms with E-state index in [4.69, 9.17) is 9.73 Å². The van der Waals surface area contributed by atoms with Gasteiger partial charge in [0, 0.05) is 59.0 Å². The average molecular weight is 370 g/mol. The SMILES string of the molecule is CCNC(=NCCCN1CCC(O)CC1)NC1CCN(CCOC)CC1. The molecular weight excluding hydrogens is 330 g/mol. The van der Waals surface area contributed by atoms with Crippen LogP contribution in [-0.2, 0) is 4.74 Å². The highest BCUT2D eigenvalue weighted by Crippen LogP contribution is 2.11. The highest BCUT2D eigenvalue weighted by molar-refractivity contribution is 5.80. The van der Waals surface area contributed by atoms with Gasteiger partial charge in [-0.05, 0) is 45.6 Å². The molecule has 26 heavy (non-hydrogen) atoms. The molecule has 2 rings (SSSR count). The Hall–Kier alpha value is -0.890. The fourth-order valence-corrected chi connectivity index (χ4v) is 3.66. The van der Waals surface area contributed by atoms with Crippen LogP contribution in [0.5, 0.6) is 0 Å². The van der Waals surface area contributed by atoms with E-state index in [2.05, 4.69) is 27.4 Å². The molecule has 2 heterocycles. The molecule has 2 saturated heterocycles. The van der Waals surface area contributed by atoms with Crippen molar-refractivity contribution in [1.29, 1.82) is 0 Å². The molecule has 0 amide bonds. The summed E-state index contributed by atoms with van der Waals surface area (Å²) in [4.78, 5) is 9.68. The Balaban J connectivity index is 1.65. The number of aliphatic imine (C=N–C) groups is 1. The molecule has 0 radical (unpaired) electrons. The van der Waals surface area contributed by atoms with E-state index in [1.807, 2.05) is 0 Å². The molecule has 0 aromatic heterocycles. The lowest BCUT2D eigenvalue weighted by atomic mass is 10.1. The van der Waals surface area contributed by atoms with E-state index in [1.54, 1.807) is 7.11 Å². The lowest BCUT2D eigenvalue weighted by molar-refractivity contribution is 0.0824. The van der Waals surface area contributed by atoms with Gasteiger partial charge < -0.3 is 30.3 Å². The molecule has 3 N–H and O–H groups in total. The summed E-state index contributed by atoms with van der Waals surface area (Å²) < 4.78 is 5.17. The van der Waals surface area contributed by atoms with E-state index in [0.29, 0.717) is 6.04 Å². The molecule has 0 aromatic carbocycles. The van der Waals surface area contributed by atoms with Gasteiger partial charge in [0.1, 0.15) is 0 Å². The number of aliphatic hydroxyl groups is 1. The molecule has 2 fully saturated rings. The third kappa shape index (κ3) is 8.20. The van der Waals surface area contributed by atoms with Crippen LogP contribution in [0, 0.1) is 0 Å². The minimum Gasteiger partial charge on any atom is -0.393 e. The van der Waals surface area contributed by atoms with Gasteiger partial charge in [-0.25, -0.2) is 0 Å². The van der Waals surface area contributed by atoms with E-state index in [1.165, 1.54) is 0 Å². The van der Waals surface area contributed by atoms with Crippen molar-refractivity contribution >= 4 is 5.96 Å². The van der Waals surface area contributed by atoms with E-state index in [0.717, 1.165) is 97.0 Å². The van der Waals surface area contributed by atoms with Gasteiger partial charge in [0.05, 0.1) is 12.7 Å². The number of nitrogens with one attached hydrogen (secondary N) is 2. The molecule has 0 unspecified atom stereocenters. The average Bonchev–Trinajstić information content (AvgIpc) is 2.66. The van der Waals surface area contributed by atoms with Crippen LogP contribution >= 0.6 is 0 Å². The van der Waals surface area contributed by atoms with Gasteiger partial charge in [-0.2, -0.15) is 0 Å². The summed E-state index contributed by atoms with van der Waals surface area (Å²) in [5.74, 6) is 0.955. The van der Waals surface area contributed by atoms with Crippen LogP contribution in [0.1, 0.15) is 39.0 Å². The molecule has 0 spiro atoms. The number of rotatable bonds is 9. The van der Waals surface area contributed by atoms with E-state index in [9.17, 15) is 5.11 Å². The lowest BCUT2D eigenvalue weighted by Crippen LogP contribution is -2.49. The Morgan fingerprint density at radius 2 is 1.73 bits per heavy atom. The maximum atomic E-state index is 9.57. The minimum absolute atomic E-state index is 0.0882. The summed E-state index contributed by atoms with van der Waals surface area (Å²) in [5.41, 5.74) is 0. The van der Waals surface area contributed by atoms with Gasteiger partial charge in [0.25, 0.3) is 0 Å². The summed E-state index contributed by atoms with van der Waals surface area (Å²) in [6, 6.07) is 0.509. The minimum atomic E-state index is -0.0882. The molecule has 2 aliphatic rings. The molecule has 0 atom stereocenters. The molecular formula is C19H39N5O2. The number of ether oxygens (including phenoxy) is 1. The second kappa shape index (κ2) is 12.5. The second-order valence-electron chi connectivity index (χ2n) is 7.44. The summed E-state index contributed by atoms with van der Waals surface area (Å²) in [5, 5.41) is 16.6. The highest BCUT2D eigenvalue weighted by atomic mass is 16.5. The number of piperidine rings is 2. The van der Waals surface area contributed by atoms with Crippen LogP contribution in [0.2, 0.25) is 0 Å². The first-order valence-electron chi connectivity index (χ1n) is 10.4. The van der Waals surface area contributed by atoms with Crippen LogP contribution in [0.15, 0.2) is 4.99 Å². The zero-order valence-electron chi connectivity index (χ0n) is 16.8. The topological polar surface area (TPSA) is 72.4 Å². The number of aliphatic hydroxyl groups excluding tert-OH is 1. The Morgan fingerprint density at radius 3 is 2.38 bits per heavy atom. The first-order valence-corrected chi connectivity index (χ1v) is 10.4. The van der Waals surface area contributed by atoms with E-state index in [-0.39, 0.29) is 6.10 Å². The molecule has 152 valence electrons. The number of hydrogen-bond acceptors (Lipinski definition) is 5. The molecule has 7 nitrogen and oxygen atoms in total. The third-order valence-corrected chi connectivity index (χ3v) is 5.34. The second-order valence-corrected chi connectivity index (χ2v) is 7.44. The number of likely N-dealkylation sites (tertiary alicyclic amines) is 2. The van der Waals surface area contributed by atoms with Gasteiger partial charge in [0.15, 0.2) is 5.96 Å². The summed E-state index contributed by atoms with van der Waals surface area (Å²) in [6.07, 6.45) is 5.12. The monoisotopic (exact) mass is 369 g/mol. The number of nitrogens with zero attached hydrogens (tertiary/aromatic N) is 3. The first-order chi connectivity index (χ1) is 12.7. The summed E-state index contributed by atoms with van der Waals surface area (Å²) in [7, 11) is 1.77. The van der Waals surface area contributed by atoms with Crippen molar-refractivity contribution in [2.75, 3.05) is 66.1 Å². The van der Waals surface area contributed by atoms with E-state index >= 15 is 0 Å². The van der Waals surface area contributed by atoms with Crippen molar-refractivity contribution in [3.05, 3.63) is 0 Å². The number of methoxy groups -OCH3 is 1. The fraction of sp³-hybridized carbons (Fsp3) is 0.947. The normalized spacial score (nSPS) is 21.9. The predicted octanol–water partition coefficient (Wildman–Crippen LogP) is 0.499. The van der Waals surface area contributed by atoms with Crippen LogP contribution in [0.3, 0.4) is 0 Å². The van der Waals surface area contributed by atoms with Crippen molar-refractivity contribution in [2.24, 2.45) is 4.99 Å². The molecule has 7 heteroatoms. The smallest absolute Gasteiger partial charge is 0.191 e. The Bertz CT molecular complexity index is 391. The van der Waals surface area contributed by atoms with Crippen LogP contribution < -0.4 is 10.6 Å². The summed E-state index contributed by atoms with van der Waals surface area (Å²) in [6.45, 7) is 11.1. The summed E-state index contributed by atoms with van der Waals surface area (Å²) >= 11 is 0. The Morgan fingerprint density at radius 1 is 1.08 bits per heavy atom. The van der Waals surface area contributed by atoms with Crippen molar-refractivity contribution < 1.29 is 9.84 Å². The van der Waals surface area contributed by atoms with Gasteiger partial charge in [-0.1, -0.05) is 0 Å². The predicted molar refractivity (Wildman–Crippen MR) is 107 cm³/mol. The van der Waals surface area contributed by atoms with Crippen molar-refractivity contribution in [2.45, 2.75) is 51.2 Å². The van der Waals surface area contributed by atoms with Crippen molar-refractivity contribution in [1.82, 2.24) is 20.4 Å².